The summed E-state index contributed by atoms with van der Waals surface area (Å²) in [5.74, 6) is 0.228. The van der Waals surface area contributed by atoms with E-state index in [4.69, 9.17) is 25.8 Å². The van der Waals surface area contributed by atoms with Crippen LogP contribution >= 0.6 is 23.4 Å². The summed E-state index contributed by atoms with van der Waals surface area (Å²) in [7, 11) is 0. The fraction of sp³-hybridized carbons (Fsp3) is 0.0833. The monoisotopic (exact) mass is 467 g/mol. The van der Waals surface area contributed by atoms with Gasteiger partial charge in [-0.3, -0.25) is 4.79 Å². The second kappa shape index (κ2) is 10.3. The van der Waals surface area contributed by atoms with Gasteiger partial charge in [-0.15, -0.1) is 0 Å². The summed E-state index contributed by atoms with van der Waals surface area (Å²) >= 11 is 7.42. The van der Waals surface area contributed by atoms with Crippen molar-refractivity contribution in [2.75, 3.05) is 18.7 Å². The van der Waals surface area contributed by atoms with Crippen LogP contribution in [0.25, 0.3) is 6.08 Å². The van der Waals surface area contributed by atoms with Gasteiger partial charge in [0.25, 0.3) is 5.91 Å². The van der Waals surface area contributed by atoms with Crippen LogP contribution in [0.4, 0.5) is 5.69 Å². The maximum atomic E-state index is 12.3. The molecule has 0 saturated heterocycles. The highest BCUT2D eigenvalue weighted by Crippen LogP contribution is 2.34. The quantitative estimate of drug-likeness (QED) is 0.369. The van der Waals surface area contributed by atoms with Gasteiger partial charge in [-0.1, -0.05) is 41.6 Å². The summed E-state index contributed by atoms with van der Waals surface area (Å²) in [5, 5.41) is 3.44. The molecule has 1 aliphatic rings. The molecule has 3 aromatic carbocycles. The minimum atomic E-state index is -0.623. The molecule has 0 fully saturated rings. The molecular weight excluding hydrogens is 450 g/mol. The molecule has 4 rings (SSSR count). The second-order valence-corrected chi connectivity index (χ2v) is 8.21. The zero-order valence-corrected chi connectivity index (χ0v) is 18.3. The Morgan fingerprint density at radius 2 is 1.81 bits per heavy atom. The summed E-state index contributed by atoms with van der Waals surface area (Å²) in [6.45, 7) is -0.217. The van der Waals surface area contributed by atoms with Crippen molar-refractivity contribution >= 4 is 47.0 Å². The Labute approximate surface area is 194 Å². The van der Waals surface area contributed by atoms with E-state index in [0.717, 1.165) is 15.4 Å². The number of anilines is 1. The summed E-state index contributed by atoms with van der Waals surface area (Å²) in [5.41, 5.74) is 1.38. The molecule has 1 N–H and O–H groups in total. The maximum absolute atomic E-state index is 12.3. The highest BCUT2D eigenvalue weighted by Gasteiger charge is 2.13. The molecule has 0 bridgehead atoms. The third-order valence-electron chi connectivity index (χ3n) is 4.36. The van der Waals surface area contributed by atoms with Crippen molar-refractivity contribution in [1.29, 1.82) is 0 Å². The number of ether oxygens (including phenoxy) is 3. The fourth-order valence-corrected chi connectivity index (χ4v) is 3.87. The highest BCUT2D eigenvalue weighted by molar-refractivity contribution is 7.99. The number of para-hydroxylation sites is 1. The zero-order chi connectivity index (χ0) is 22.3. The predicted molar refractivity (Wildman–Crippen MR) is 123 cm³/mol. The third-order valence-corrected chi connectivity index (χ3v) is 5.69. The van der Waals surface area contributed by atoms with Gasteiger partial charge in [0.15, 0.2) is 18.1 Å². The molecule has 0 saturated carbocycles. The average molecular weight is 468 g/mol. The van der Waals surface area contributed by atoms with Gasteiger partial charge >= 0.3 is 5.97 Å². The molecule has 8 heteroatoms. The summed E-state index contributed by atoms with van der Waals surface area (Å²) < 4.78 is 15.6. The van der Waals surface area contributed by atoms with Gasteiger partial charge in [0.1, 0.15) is 0 Å². The van der Waals surface area contributed by atoms with E-state index in [1.54, 1.807) is 30.3 Å². The number of amides is 1. The first-order valence-corrected chi connectivity index (χ1v) is 10.8. The Morgan fingerprint density at radius 3 is 2.66 bits per heavy atom. The van der Waals surface area contributed by atoms with Crippen LogP contribution in [0.5, 0.6) is 11.5 Å². The van der Waals surface area contributed by atoms with Crippen molar-refractivity contribution in [3.8, 4) is 11.5 Å². The van der Waals surface area contributed by atoms with Gasteiger partial charge in [0.05, 0.1) is 5.69 Å². The van der Waals surface area contributed by atoms with Gasteiger partial charge in [0, 0.05) is 20.9 Å². The minimum Gasteiger partial charge on any atom is -0.454 e. The van der Waals surface area contributed by atoms with E-state index in [1.165, 1.54) is 17.8 Å². The molecule has 6 nitrogen and oxygen atoms in total. The standard InChI is InChI=1S/C24H18ClNO5S/c25-17-7-9-18(10-8-17)32-22-4-2-1-3-19(22)26-23(27)14-29-24(28)12-6-16-5-11-20-21(13-16)31-15-30-20/h1-13H,14-15H2,(H,26,27). The van der Waals surface area contributed by atoms with Crippen LogP contribution in [0.15, 0.2) is 82.6 Å². The summed E-state index contributed by atoms with van der Waals surface area (Å²) in [6, 6.07) is 20.1. The third kappa shape index (κ3) is 5.84. The summed E-state index contributed by atoms with van der Waals surface area (Å²) in [6.07, 6.45) is 2.84. The first-order valence-electron chi connectivity index (χ1n) is 9.63. The molecule has 1 aliphatic heterocycles. The number of esters is 1. The van der Waals surface area contributed by atoms with Crippen molar-refractivity contribution in [2.24, 2.45) is 0 Å². The molecule has 1 amide bonds. The van der Waals surface area contributed by atoms with Crippen LogP contribution in [0, 0.1) is 0 Å². The van der Waals surface area contributed by atoms with Crippen molar-refractivity contribution in [2.45, 2.75) is 9.79 Å². The molecule has 0 unspecified atom stereocenters. The first-order chi connectivity index (χ1) is 15.6. The Bertz CT molecular complexity index is 1160. The number of halogens is 1. The first kappa shape index (κ1) is 21.8. The van der Waals surface area contributed by atoms with Crippen LogP contribution in [0.1, 0.15) is 5.56 Å². The summed E-state index contributed by atoms with van der Waals surface area (Å²) in [4.78, 5) is 26.1. The SMILES string of the molecule is O=C(COC(=O)C=Cc1ccc2c(c1)OCO2)Nc1ccccc1Sc1ccc(Cl)cc1. The molecule has 0 atom stereocenters. The van der Waals surface area contributed by atoms with Gasteiger partial charge in [0.2, 0.25) is 6.79 Å². The number of fused-ring (bicyclic) bond motifs is 1. The molecule has 3 aromatic rings. The average Bonchev–Trinajstić information content (AvgIpc) is 3.27. The number of nitrogens with one attached hydrogen (secondary N) is 1. The van der Waals surface area contributed by atoms with Crippen LogP contribution < -0.4 is 14.8 Å². The van der Waals surface area contributed by atoms with E-state index in [1.807, 2.05) is 42.5 Å². The Kier molecular flexibility index (Phi) is 6.99. The number of hydrogen-bond acceptors (Lipinski definition) is 6. The molecule has 1 heterocycles. The van der Waals surface area contributed by atoms with Gasteiger partial charge < -0.3 is 19.5 Å². The van der Waals surface area contributed by atoms with E-state index in [0.29, 0.717) is 22.2 Å². The zero-order valence-electron chi connectivity index (χ0n) is 16.7. The van der Waals surface area contributed by atoms with Crippen molar-refractivity contribution in [3.63, 3.8) is 0 Å². The molecule has 0 aromatic heterocycles. The van der Waals surface area contributed by atoms with E-state index >= 15 is 0 Å². The maximum Gasteiger partial charge on any atom is 0.331 e. The largest absolute Gasteiger partial charge is 0.454 e. The molecule has 0 aliphatic carbocycles. The van der Waals surface area contributed by atoms with E-state index in [-0.39, 0.29) is 6.79 Å². The lowest BCUT2D eigenvalue weighted by atomic mass is 10.2. The van der Waals surface area contributed by atoms with Crippen molar-refractivity contribution in [1.82, 2.24) is 0 Å². The molecule has 162 valence electrons. The lowest BCUT2D eigenvalue weighted by molar-refractivity contribution is -0.142. The van der Waals surface area contributed by atoms with E-state index in [9.17, 15) is 9.59 Å². The number of carbonyl (C=O) groups is 2. The smallest absolute Gasteiger partial charge is 0.331 e. The normalized spacial score (nSPS) is 12.0. The Hall–Kier alpha value is -3.42. The molecule has 0 radical (unpaired) electrons. The Balaban J connectivity index is 1.30. The highest BCUT2D eigenvalue weighted by atomic mass is 35.5. The number of rotatable bonds is 7. The second-order valence-electron chi connectivity index (χ2n) is 6.65. The fourth-order valence-electron chi connectivity index (χ4n) is 2.84. The van der Waals surface area contributed by atoms with E-state index < -0.39 is 18.5 Å². The topological polar surface area (TPSA) is 73.9 Å². The van der Waals surface area contributed by atoms with Crippen LogP contribution in [-0.4, -0.2) is 25.3 Å². The lowest BCUT2D eigenvalue weighted by Gasteiger charge is -2.11. The molecular formula is C24H18ClNO5S. The van der Waals surface area contributed by atoms with Crippen molar-refractivity contribution < 1.29 is 23.8 Å². The van der Waals surface area contributed by atoms with Gasteiger partial charge in [-0.2, -0.15) is 0 Å². The lowest BCUT2D eigenvalue weighted by Crippen LogP contribution is -2.20. The van der Waals surface area contributed by atoms with Gasteiger partial charge in [-0.05, 0) is 60.2 Å². The predicted octanol–water partition coefficient (Wildman–Crippen LogP) is 5.42. The number of benzene rings is 3. The van der Waals surface area contributed by atoms with Crippen LogP contribution in [-0.2, 0) is 14.3 Å². The van der Waals surface area contributed by atoms with Crippen LogP contribution in [0.2, 0.25) is 5.02 Å². The molecule has 0 spiro atoms. The van der Waals surface area contributed by atoms with E-state index in [2.05, 4.69) is 5.32 Å². The van der Waals surface area contributed by atoms with Crippen molar-refractivity contribution in [3.05, 3.63) is 83.4 Å². The number of hydrogen-bond donors (Lipinski definition) is 1. The van der Waals surface area contributed by atoms with Crippen LogP contribution in [0.3, 0.4) is 0 Å². The Morgan fingerprint density at radius 1 is 1.03 bits per heavy atom. The van der Waals surface area contributed by atoms with Gasteiger partial charge in [-0.25, -0.2) is 4.79 Å². The molecule has 32 heavy (non-hydrogen) atoms. The minimum absolute atomic E-state index is 0.182. The number of carbonyl (C=O) groups excluding carboxylic acids is 2.